The molecule has 3 aromatic carbocycles. The second-order valence-corrected chi connectivity index (χ2v) is 9.98. The lowest BCUT2D eigenvalue weighted by molar-refractivity contribution is 0.633. The number of piperazine rings is 1. The van der Waals surface area contributed by atoms with Gasteiger partial charge in [-0.05, 0) is 43.5 Å². The summed E-state index contributed by atoms with van der Waals surface area (Å²) in [5.41, 5.74) is 10.5. The summed E-state index contributed by atoms with van der Waals surface area (Å²) in [5.74, 6) is 1.18. The average molecular weight is 488 g/mol. The van der Waals surface area contributed by atoms with Crippen molar-refractivity contribution >= 4 is 17.2 Å². The molecule has 0 atom stereocenters. The lowest BCUT2D eigenvalue weighted by atomic mass is 10.0. The van der Waals surface area contributed by atoms with Gasteiger partial charge in [0.2, 0.25) is 0 Å². The van der Waals surface area contributed by atoms with Gasteiger partial charge in [0.25, 0.3) is 0 Å². The second-order valence-electron chi connectivity index (χ2n) is 9.98. The number of aromatic nitrogens is 3. The predicted octanol–water partition coefficient (Wildman–Crippen LogP) is 6.24. The molecule has 0 spiro atoms. The van der Waals surface area contributed by atoms with Crippen LogP contribution in [-0.4, -0.2) is 40.8 Å². The molecule has 5 nitrogen and oxygen atoms in total. The van der Waals surface area contributed by atoms with Crippen molar-refractivity contribution in [2.75, 3.05) is 36.0 Å². The van der Waals surface area contributed by atoms with Crippen LogP contribution in [0.1, 0.15) is 28.1 Å². The minimum Gasteiger partial charge on any atom is -0.368 e. The fraction of sp³-hybridized carbons (Fsp3) is 0.250. The van der Waals surface area contributed by atoms with Gasteiger partial charge < -0.3 is 9.80 Å². The molecule has 5 aromatic rings. The smallest absolute Gasteiger partial charge is 0.165 e. The van der Waals surface area contributed by atoms with E-state index >= 15 is 0 Å². The zero-order chi connectivity index (χ0) is 25.4. The fourth-order valence-electron chi connectivity index (χ4n) is 5.63. The number of hydrogen-bond donors (Lipinski definition) is 0. The Kier molecular flexibility index (Phi) is 6.13. The van der Waals surface area contributed by atoms with Crippen LogP contribution >= 0.6 is 0 Å². The Morgan fingerprint density at radius 1 is 0.676 bits per heavy atom. The van der Waals surface area contributed by atoms with Crippen molar-refractivity contribution in [3.05, 3.63) is 113 Å². The van der Waals surface area contributed by atoms with E-state index in [1.165, 1.54) is 28.2 Å². The van der Waals surface area contributed by atoms with Gasteiger partial charge in [0.05, 0.1) is 5.69 Å². The van der Waals surface area contributed by atoms with Crippen molar-refractivity contribution < 1.29 is 0 Å². The molecule has 2 aromatic heterocycles. The number of aryl methyl sites for hydroxylation is 3. The monoisotopic (exact) mass is 487 g/mol. The highest BCUT2D eigenvalue weighted by Gasteiger charge is 2.27. The molecule has 6 rings (SSSR count). The number of rotatable bonds is 5. The maximum absolute atomic E-state index is 5.16. The van der Waals surface area contributed by atoms with Gasteiger partial charge in [0.15, 0.2) is 5.65 Å². The third-order valence-electron chi connectivity index (χ3n) is 7.54. The molecule has 0 amide bonds. The van der Waals surface area contributed by atoms with Crippen LogP contribution in [0.5, 0.6) is 0 Å². The maximum Gasteiger partial charge on any atom is 0.165 e. The Morgan fingerprint density at radius 2 is 1.30 bits per heavy atom. The first-order valence-corrected chi connectivity index (χ1v) is 13.1. The molecule has 186 valence electrons. The van der Waals surface area contributed by atoms with E-state index in [0.717, 1.165) is 60.8 Å². The molecule has 0 unspecified atom stereocenters. The Hall–Kier alpha value is -4.12. The Bertz CT molecular complexity index is 1530. The number of hydrogen-bond acceptors (Lipinski definition) is 4. The minimum absolute atomic E-state index is 0.836. The zero-order valence-electron chi connectivity index (χ0n) is 21.9. The van der Waals surface area contributed by atoms with Gasteiger partial charge in [0.1, 0.15) is 5.82 Å². The third-order valence-corrected chi connectivity index (χ3v) is 7.54. The van der Waals surface area contributed by atoms with Gasteiger partial charge in [-0.2, -0.15) is 9.61 Å². The molecular formula is C32H33N5. The standard InChI is InChI=1S/C32H33N5/c1-23-12-10-11-17-29(23)35-18-20-36(21-19-35)32-28(22-26-13-6-4-7-14-26)24(2)33-31-30(25(3)34-37(31)32)27-15-8-5-9-16-27/h4-17H,18-22H2,1-3H3. The van der Waals surface area contributed by atoms with Crippen molar-refractivity contribution in [3.63, 3.8) is 0 Å². The Balaban J connectivity index is 1.45. The first-order valence-electron chi connectivity index (χ1n) is 13.1. The number of para-hydroxylation sites is 1. The van der Waals surface area contributed by atoms with Crippen molar-refractivity contribution in [1.82, 2.24) is 14.6 Å². The minimum atomic E-state index is 0.836. The van der Waals surface area contributed by atoms with Crippen LogP contribution in [0.15, 0.2) is 84.9 Å². The van der Waals surface area contributed by atoms with E-state index in [9.17, 15) is 0 Å². The van der Waals surface area contributed by atoms with E-state index in [-0.39, 0.29) is 0 Å². The van der Waals surface area contributed by atoms with Crippen LogP contribution in [0, 0.1) is 20.8 Å². The molecule has 1 fully saturated rings. The molecule has 37 heavy (non-hydrogen) atoms. The summed E-state index contributed by atoms with van der Waals surface area (Å²) in [6.07, 6.45) is 0.836. The highest BCUT2D eigenvalue weighted by Crippen LogP contribution is 2.34. The molecule has 5 heteroatoms. The highest BCUT2D eigenvalue weighted by molar-refractivity contribution is 5.81. The van der Waals surface area contributed by atoms with E-state index in [1.54, 1.807) is 0 Å². The van der Waals surface area contributed by atoms with Gasteiger partial charge in [0, 0.05) is 55.1 Å². The summed E-state index contributed by atoms with van der Waals surface area (Å²) < 4.78 is 2.12. The SMILES string of the molecule is Cc1ccccc1N1CCN(c2c(Cc3ccccc3)c(C)nc3c(-c4ccccc4)c(C)nn23)CC1. The lowest BCUT2D eigenvalue weighted by Gasteiger charge is -2.38. The van der Waals surface area contributed by atoms with Gasteiger partial charge in [-0.3, -0.25) is 0 Å². The van der Waals surface area contributed by atoms with Crippen LogP contribution in [0.25, 0.3) is 16.8 Å². The highest BCUT2D eigenvalue weighted by atomic mass is 15.4. The lowest BCUT2D eigenvalue weighted by Crippen LogP contribution is -2.47. The number of anilines is 2. The molecule has 0 bridgehead atoms. The zero-order valence-corrected chi connectivity index (χ0v) is 21.9. The molecule has 1 saturated heterocycles. The molecule has 0 radical (unpaired) electrons. The average Bonchev–Trinajstić information content (AvgIpc) is 3.25. The molecule has 3 heterocycles. The Morgan fingerprint density at radius 3 is 2.00 bits per heavy atom. The topological polar surface area (TPSA) is 36.7 Å². The van der Waals surface area contributed by atoms with E-state index < -0.39 is 0 Å². The summed E-state index contributed by atoms with van der Waals surface area (Å²) in [4.78, 5) is 10.2. The quantitative estimate of drug-likeness (QED) is 0.294. The van der Waals surface area contributed by atoms with Crippen LogP contribution < -0.4 is 9.80 Å². The molecule has 0 saturated carbocycles. The van der Waals surface area contributed by atoms with Crippen LogP contribution in [0.4, 0.5) is 11.5 Å². The van der Waals surface area contributed by atoms with E-state index in [2.05, 4.69) is 120 Å². The fourth-order valence-corrected chi connectivity index (χ4v) is 5.63. The molecule has 0 N–H and O–H groups in total. The van der Waals surface area contributed by atoms with Crippen LogP contribution in [-0.2, 0) is 6.42 Å². The first-order chi connectivity index (χ1) is 18.1. The normalized spacial score (nSPS) is 13.9. The van der Waals surface area contributed by atoms with Gasteiger partial charge in [-0.15, -0.1) is 0 Å². The predicted molar refractivity (Wildman–Crippen MR) is 153 cm³/mol. The molecular weight excluding hydrogens is 454 g/mol. The van der Waals surface area contributed by atoms with Crippen molar-refractivity contribution in [2.45, 2.75) is 27.2 Å². The molecule has 1 aliphatic rings. The largest absolute Gasteiger partial charge is 0.368 e. The second kappa shape index (κ2) is 9.74. The maximum atomic E-state index is 5.16. The van der Waals surface area contributed by atoms with E-state index in [1.807, 2.05) is 0 Å². The van der Waals surface area contributed by atoms with E-state index in [4.69, 9.17) is 10.1 Å². The Labute approximate surface area is 219 Å². The summed E-state index contributed by atoms with van der Waals surface area (Å²) in [6, 6.07) is 29.9. The number of nitrogens with zero attached hydrogens (tertiary/aromatic N) is 5. The van der Waals surface area contributed by atoms with Gasteiger partial charge >= 0.3 is 0 Å². The molecule has 1 aliphatic heterocycles. The van der Waals surface area contributed by atoms with Crippen molar-refractivity contribution in [2.24, 2.45) is 0 Å². The summed E-state index contributed by atoms with van der Waals surface area (Å²) in [6.45, 7) is 10.3. The van der Waals surface area contributed by atoms with Gasteiger partial charge in [-0.25, -0.2) is 4.98 Å². The summed E-state index contributed by atoms with van der Waals surface area (Å²) >= 11 is 0. The summed E-state index contributed by atoms with van der Waals surface area (Å²) in [5, 5.41) is 5.10. The van der Waals surface area contributed by atoms with Crippen molar-refractivity contribution in [3.8, 4) is 11.1 Å². The molecule has 0 aliphatic carbocycles. The number of benzene rings is 3. The van der Waals surface area contributed by atoms with Crippen molar-refractivity contribution in [1.29, 1.82) is 0 Å². The third kappa shape index (κ3) is 4.35. The summed E-state index contributed by atoms with van der Waals surface area (Å²) in [7, 11) is 0. The van der Waals surface area contributed by atoms with Gasteiger partial charge in [-0.1, -0.05) is 78.9 Å². The van der Waals surface area contributed by atoms with Crippen LogP contribution in [0.3, 0.4) is 0 Å². The first kappa shape index (κ1) is 23.3. The van der Waals surface area contributed by atoms with Crippen LogP contribution in [0.2, 0.25) is 0 Å². The number of fused-ring (bicyclic) bond motifs is 1. The van der Waals surface area contributed by atoms with E-state index in [0.29, 0.717) is 0 Å².